The molecule has 0 saturated heterocycles. The summed E-state index contributed by atoms with van der Waals surface area (Å²) in [6.45, 7) is 2.78. The lowest BCUT2D eigenvalue weighted by Gasteiger charge is -2.49. The predicted molar refractivity (Wildman–Crippen MR) is 300 cm³/mol. The highest BCUT2D eigenvalue weighted by molar-refractivity contribution is 7.80. The summed E-state index contributed by atoms with van der Waals surface area (Å²) in [5.74, 6) is 8.71. The zero-order chi connectivity index (χ0) is 41.9. The van der Waals surface area contributed by atoms with Gasteiger partial charge >= 0.3 is 0 Å². The first-order valence-corrected chi connectivity index (χ1v) is 26.2. The Labute approximate surface area is 387 Å². The standard InChI is InChI=1S/C69H8S/c1-68-64-56-48-38-28-20-12-10-11-14-18-16(12)24-32-26(18)36-30-22(14)23-15(11)19-17-13(10)21(20)29-35-25(17)33-27(19)37-31(23)41-40(30)52-46(36)54-44(32)50(42(48)34(24)28)58(64)60(54)66-62(52)63-53(41)47(37)55-45(33)51-43(35)49(39(29)38)57(56)65(68)59(51)61(55)67(63)69(66,68)7-6-8-2-4-9(70)5-3-8/h2-5,70H,1H3. The molecular formula is C69H8S. The second-order valence-electron chi connectivity index (χ2n) is 25.4. The molecule has 0 N–H and O–H groups in total. The molecule has 33 rings (SSSR count). The molecule has 29 aromatic rings. The Kier molecular flexibility index (Phi) is 2.26. The van der Waals surface area contributed by atoms with E-state index >= 15 is 0 Å². The second kappa shape index (κ2) is 5.99. The summed E-state index contributed by atoms with van der Waals surface area (Å²) in [4.78, 5) is 0.991. The second-order valence-corrected chi connectivity index (χ2v) is 25.9. The summed E-state index contributed by atoms with van der Waals surface area (Å²) in [5.41, 5.74) is 6.61. The van der Waals surface area contributed by atoms with Gasteiger partial charge < -0.3 is 0 Å². The van der Waals surface area contributed by atoms with Gasteiger partial charge in [0.2, 0.25) is 0 Å². The smallest absolute Gasteiger partial charge is 0.0975 e. The lowest BCUT2D eigenvalue weighted by molar-refractivity contribution is 0.439. The number of benzene rings is 19. The van der Waals surface area contributed by atoms with Crippen LogP contribution in [0.4, 0.5) is 0 Å². The minimum absolute atomic E-state index is 0.408. The maximum absolute atomic E-state index is 4.79. The van der Waals surface area contributed by atoms with Crippen molar-refractivity contribution in [3.63, 3.8) is 0 Å². The molecule has 0 aromatic heterocycles. The molecule has 0 saturated carbocycles. The number of rotatable bonds is 0. The van der Waals surface area contributed by atoms with Gasteiger partial charge in [-0.05, 0) is 344 Å². The van der Waals surface area contributed by atoms with Gasteiger partial charge in [-0.15, -0.1) is 12.6 Å². The largest absolute Gasteiger partial charge is 0.143 e. The molecule has 29 aromatic carbocycles. The van der Waals surface area contributed by atoms with Crippen molar-refractivity contribution in [1.29, 1.82) is 0 Å². The van der Waals surface area contributed by atoms with Gasteiger partial charge in [-0.3, -0.25) is 0 Å². The molecule has 0 amide bonds. The van der Waals surface area contributed by atoms with E-state index in [2.05, 4.69) is 43.0 Å². The quantitative estimate of drug-likeness (QED) is 0.0876. The van der Waals surface area contributed by atoms with Crippen LogP contribution in [0.2, 0.25) is 0 Å². The number of hydrogen-bond donors (Lipinski definition) is 1. The minimum atomic E-state index is -0.585. The van der Waals surface area contributed by atoms with Crippen LogP contribution in [-0.2, 0) is 10.8 Å². The molecule has 70 heavy (non-hydrogen) atoms. The fourth-order valence-electron chi connectivity index (χ4n) is 24.6. The molecule has 0 spiro atoms. The van der Waals surface area contributed by atoms with E-state index in [1.807, 2.05) is 0 Å². The van der Waals surface area contributed by atoms with Gasteiger partial charge in [-0.25, -0.2) is 0 Å². The lowest BCUT2D eigenvalue weighted by Crippen LogP contribution is -2.49. The average molecular weight is 869 g/mol. The predicted octanol–water partition coefficient (Wildman–Crippen LogP) is 18.7. The van der Waals surface area contributed by atoms with Crippen molar-refractivity contribution in [3.8, 4) is 11.8 Å². The van der Waals surface area contributed by atoms with Crippen LogP contribution in [0.3, 0.4) is 0 Å². The van der Waals surface area contributed by atoms with Crippen molar-refractivity contribution in [2.24, 2.45) is 0 Å². The van der Waals surface area contributed by atoms with Crippen molar-refractivity contribution >= 4 is 303 Å². The molecular weight excluding hydrogens is 861 g/mol. The van der Waals surface area contributed by atoms with Gasteiger partial charge in [0.1, 0.15) is 0 Å². The molecule has 290 valence electrons. The summed E-state index contributed by atoms with van der Waals surface area (Å²) in [6, 6.07) is 8.78. The Hall–Kier alpha value is -8.41. The van der Waals surface area contributed by atoms with Crippen LogP contribution in [0, 0.1) is 11.8 Å². The van der Waals surface area contributed by atoms with Crippen molar-refractivity contribution in [3.05, 3.63) is 52.1 Å². The molecule has 0 nitrogen and oxygen atoms in total. The van der Waals surface area contributed by atoms with Crippen LogP contribution >= 0.6 is 12.6 Å². The summed E-state index contributed by atoms with van der Waals surface area (Å²) >= 11 is 4.79. The maximum Gasteiger partial charge on any atom is 0.0975 e. The maximum atomic E-state index is 4.79. The Bertz CT molecular complexity index is 7250. The molecule has 0 heterocycles. The van der Waals surface area contributed by atoms with Crippen LogP contribution in [0.25, 0.3) is 291 Å². The first kappa shape index (κ1) is 26.4. The summed E-state index contributed by atoms with van der Waals surface area (Å²) in [7, 11) is 0. The van der Waals surface area contributed by atoms with E-state index in [9.17, 15) is 0 Å². The number of hydrogen-bond acceptors (Lipinski definition) is 1. The third kappa shape index (κ3) is 1.41. The zero-order valence-electron chi connectivity index (χ0n) is 35.8. The molecule has 0 unspecified atom stereocenters. The van der Waals surface area contributed by atoms with Gasteiger partial charge in [0.05, 0.1) is 5.41 Å². The highest BCUT2D eigenvalue weighted by Gasteiger charge is 2.68. The Morgan fingerprint density at radius 2 is 0.414 bits per heavy atom. The fraction of sp³-hybridized carbons (Fsp3) is 0.0435. The topological polar surface area (TPSA) is 0 Å². The van der Waals surface area contributed by atoms with Crippen molar-refractivity contribution in [2.75, 3.05) is 0 Å². The monoisotopic (exact) mass is 868 g/mol. The van der Waals surface area contributed by atoms with E-state index < -0.39 is 10.8 Å². The molecule has 0 bridgehead atoms. The van der Waals surface area contributed by atoms with E-state index in [1.54, 1.807) is 313 Å². The van der Waals surface area contributed by atoms with E-state index in [0.717, 1.165) is 10.5 Å². The molecule has 0 radical (unpaired) electrons. The van der Waals surface area contributed by atoms with Crippen LogP contribution in [-0.4, -0.2) is 0 Å². The molecule has 0 aliphatic heterocycles. The van der Waals surface area contributed by atoms with Crippen molar-refractivity contribution in [2.45, 2.75) is 22.6 Å². The van der Waals surface area contributed by atoms with Crippen LogP contribution in [0.15, 0.2) is 29.2 Å². The molecule has 1 heteroatoms. The fourth-order valence-corrected chi connectivity index (χ4v) is 24.7. The Balaban J connectivity index is 1.18. The van der Waals surface area contributed by atoms with Crippen LogP contribution in [0.1, 0.15) is 34.7 Å². The Morgan fingerprint density at radius 1 is 0.243 bits per heavy atom. The van der Waals surface area contributed by atoms with Crippen molar-refractivity contribution < 1.29 is 0 Å². The van der Waals surface area contributed by atoms with E-state index in [-0.39, 0.29) is 0 Å². The number of thiol groups is 1. The van der Waals surface area contributed by atoms with E-state index in [4.69, 9.17) is 12.6 Å². The average Bonchev–Trinajstić information content (AvgIpc) is 4.26. The summed E-state index contributed by atoms with van der Waals surface area (Å²) in [5, 5.41) is 88.0. The third-order valence-corrected chi connectivity index (χ3v) is 25.3. The third-order valence-electron chi connectivity index (χ3n) is 25.0. The molecule has 4 aliphatic carbocycles. The lowest BCUT2D eigenvalue weighted by atomic mass is 9.49. The van der Waals surface area contributed by atoms with E-state index in [0.29, 0.717) is 0 Å². The Morgan fingerprint density at radius 3 is 0.614 bits per heavy atom. The van der Waals surface area contributed by atoms with Gasteiger partial charge in [-0.2, -0.15) is 0 Å². The highest BCUT2D eigenvalue weighted by Crippen LogP contribution is 2.84. The highest BCUT2D eigenvalue weighted by atomic mass is 32.1. The van der Waals surface area contributed by atoms with E-state index in [1.165, 1.54) is 0 Å². The van der Waals surface area contributed by atoms with Crippen LogP contribution < -0.4 is 0 Å². The molecule has 4 aliphatic rings. The van der Waals surface area contributed by atoms with Gasteiger partial charge in [0.15, 0.2) is 0 Å². The molecule has 0 fully saturated rings. The van der Waals surface area contributed by atoms with Crippen LogP contribution in [0.5, 0.6) is 0 Å². The van der Waals surface area contributed by atoms with Gasteiger partial charge in [0, 0.05) is 15.9 Å². The van der Waals surface area contributed by atoms with Crippen molar-refractivity contribution in [1.82, 2.24) is 0 Å². The molecule has 0 atom stereocenters. The first-order valence-electron chi connectivity index (χ1n) is 25.8. The normalized spacial score (nSPS) is 21.6. The van der Waals surface area contributed by atoms with Gasteiger partial charge in [-0.1, -0.05) is 11.8 Å². The SMILES string of the molecule is CC12c3c4c5c6c7c8c(c9c%10c1c1c3c3c%11c4c4c5c5c7c7c%12c8c8c9c9c%10c%10c1c1c3c3c%11c%11c4c4c5c7c5c7c%12c8c8c9c9c%10c1c1c3c3c%11c4c5c4c7c8c9c1c34)C62C#Cc1ccc(S)cc1. The minimum Gasteiger partial charge on any atom is -0.143 e. The zero-order valence-corrected chi connectivity index (χ0v) is 36.7. The summed E-state index contributed by atoms with van der Waals surface area (Å²) in [6.07, 6.45) is 0. The first-order chi connectivity index (χ1) is 34.7. The summed E-state index contributed by atoms with van der Waals surface area (Å²) < 4.78 is 0. The van der Waals surface area contributed by atoms with Gasteiger partial charge in [0.25, 0.3) is 0 Å².